The highest BCUT2D eigenvalue weighted by atomic mass is 35.5. The molecule has 0 aromatic heterocycles. The molecule has 0 unspecified atom stereocenters. The third-order valence-corrected chi connectivity index (χ3v) is 3.83. The van der Waals surface area contributed by atoms with E-state index in [4.69, 9.17) is 11.6 Å². The number of allylic oxidation sites excluding steroid dienone is 1. The lowest BCUT2D eigenvalue weighted by molar-refractivity contribution is -0.384. The second-order valence-corrected chi connectivity index (χ2v) is 6.04. The highest BCUT2D eigenvalue weighted by molar-refractivity contribution is 6.33. The number of carbonyl (C=O) groups is 2. The van der Waals surface area contributed by atoms with Crippen LogP contribution in [0.4, 0.5) is 11.4 Å². The standard InChI is InChI=1S/C18H17ClN4O4/c1-11-5-3-4-6-15(11)20-17(24)9-12(2)21-22-18(25)13-7-8-16(23(26)27)14(19)10-13/h3-10,21H,1-2H3,(H,20,24)(H,22,25). The van der Waals surface area contributed by atoms with Gasteiger partial charge < -0.3 is 10.7 Å². The van der Waals surface area contributed by atoms with E-state index in [2.05, 4.69) is 16.2 Å². The SMILES string of the molecule is CC(=CC(=O)Nc1ccccc1C)NNC(=O)c1ccc([N+](=O)[O-])c(Cl)c1. The van der Waals surface area contributed by atoms with Gasteiger partial charge in [0.25, 0.3) is 11.6 Å². The van der Waals surface area contributed by atoms with Crippen LogP contribution in [0.2, 0.25) is 5.02 Å². The zero-order valence-corrected chi connectivity index (χ0v) is 15.3. The minimum Gasteiger partial charge on any atom is -0.322 e. The predicted molar refractivity (Wildman–Crippen MR) is 102 cm³/mol. The summed E-state index contributed by atoms with van der Waals surface area (Å²) >= 11 is 5.78. The molecule has 3 N–H and O–H groups in total. The van der Waals surface area contributed by atoms with E-state index in [0.717, 1.165) is 11.6 Å². The van der Waals surface area contributed by atoms with Crippen molar-refractivity contribution in [3.8, 4) is 0 Å². The maximum absolute atomic E-state index is 12.1. The fourth-order valence-corrected chi connectivity index (χ4v) is 2.39. The highest BCUT2D eigenvalue weighted by Gasteiger charge is 2.15. The lowest BCUT2D eigenvalue weighted by Gasteiger charge is -2.10. The zero-order valence-electron chi connectivity index (χ0n) is 14.6. The van der Waals surface area contributed by atoms with Crippen molar-refractivity contribution < 1.29 is 14.5 Å². The Hall–Kier alpha value is -3.39. The lowest BCUT2D eigenvalue weighted by atomic mass is 10.2. The molecule has 8 nitrogen and oxygen atoms in total. The van der Waals surface area contributed by atoms with Crippen molar-refractivity contribution in [2.45, 2.75) is 13.8 Å². The van der Waals surface area contributed by atoms with Crippen LogP contribution in [0.1, 0.15) is 22.8 Å². The number of carbonyl (C=O) groups excluding carboxylic acids is 2. The second kappa shape index (κ2) is 8.81. The quantitative estimate of drug-likeness (QED) is 0.399. The van der Waals surface area contributed by atoms with E-state index in [1.54, 1.807) is 13.0 Å². The largest absolute Gasteiger partial charge is 0.322 e. The van der Waals surface area contributed by atoms with Crippen molar-refractivity contribution in [3.63, 3.8) is 0 Å². The number of hydrogen-bond donors (Lipinski definition) is 3. The van der Waals surface area contributed by atoms with E-state index in [1.807, 2.05) is 25.1 Å². The zero-order chi connectivity index (χ0) is 20.0. The Morgan fingerprint density at radius 2 is 1.85 bits per heavy atom. The van der Waals surface area contributed by atoms with Gasteiger partial charge >= 0.3 is 0 Å². The topological polar surface area (TPSA) is 113 Å². The summed E-state index contributed by atoms with van der Waals surface area (Å²) in [7, 11) is 0. The van der Waals surface area contributed by atoms with Crippen LogP contribution in [0.25, 0.3) is 0 Å². The fraction of sp³-hybridized carbons (Fsp3) is 0.111. The molecule has 0 aliphatic heterocycles. The molecule has 0 aliphatic carbocycles. The number of nitrogens with one attached hydrogen (secondary N) is 3. The Bertz CT molecular complexity index is 927. The molecule has 9 heteroatoms. The molecule has 0 aliphatic rings. The summed E-state index contributed by atoms with van der Waals surface area (Å²) in [5.74, 6) is -0.916. The molecule has 2 aromatic carbocycles. The molecule has 2 aromatic rings. The van der Waals surface area contributed by atoms with Crippen LogP contribution >= 0.6 is 11.6 Å². The van der Waals surface area contributed by atoms with Gasteiger partial charge in [-0.3, -0.25) is 25.1 Å². The van der Waals surface area contributed by atoms with Gasteiger partial charge in [-0.05, 0) is 37.6 Å². The van der Waals surface area contributed by atoms with Gasteiger partial charge in [0.05, 0.1) is 4.92 Å². The van der Waals surface area contributed by atoms with Crippen LogP contribution in [-0.2, 0) is 4.79 Å². The molecular formula is C18H17ClN4O4. The van der Waals surface area contributed by atoms with E-state index in [1.165, 1.54) is 18.2 Å². The average molecular weight is 389 g/mol. The van der Waals surface area contributed by atoms with Gasteiger partial charge in [-0.25, -0.2) is 0 Å². The molecule has 0 spiro atoms. The van der Waals surface area contributed by atoms with Gasteiger partial charge in [0, 0.05) is 29.1 Å². The van der Waals surface area contributed by atoms with Crippen molar-refractivity contribution in [1.29, 1.82) is 0 Å². The molecule has 140 valence electrons. The van der Waals surface area contributed by atoms with E-state index < -0.39 is 10.8 Å². The van der Waals surface area contributed by atoms with Gasteiger partial charge in [-0.15, -0.1) is 0 Å². The van der Waals surface area contributed by atoms with Crippen LogP contribution in [0.3, 0.4) is 0 Å². The van der Waals surface area contributed by atoms with Crippen molar-refractivity contribution in [3.05, 3.63) is 80.5 Å². The Kier molecular flexibility index (Phi) is 6.51. The number of anilines is 1. The van der Waals surface area contributed by atoms with Gasteiger partial charge in [0.2, 0.25) is 5.91 Å². The van der Waals surface area contributed by atoms with Crippen LogP contribution in [-0.4, -0.2) is 16.7 Å². The molecular weight excluding hydrogens is 372 g/mol. The third-order valence-electron chi connectivity index (χ3n) is 3.53. The first kappa shape index (κ1) is 19.9. The number of halogens is 1. The molecule has 2 amide bonds. The Morgan fingerprint density at radius 1 is 1.15 bits per heavy atom. The summed E-state index contributed by atoms with van der Waals surface area (Å²) in [5, 5.41) is 13.3. The third kappa shape index (κ3) is 5.55. The Labute approximate surface area is 160 Å². The monoisotopic (exact) mass is 388 g/mol. The Balaban J connectivity index is 1.95. The van der Waals surface area contributed by atoms with E-state index in [9.17, 15) is 19.7 Å². The molecule has 0 heterocycles. The smallest absolute Gasteiger partial charge is 0.287 e. The molecule has 2 rings (SSSR count). The maximum atomic E-state index is 12.1. The summed E-state index contributed by atoms with van der Waals surface area (Å²) in [6.45, 7) is 3.47. The summed E-state index contributed by atoms with van der Waals surface area (Å²) in [4.78, 5) is 34.2. The summed E-state index contributed by atoms with van der Waals surface area (Å²) < 4.78 is 0. The minimum absolute atomic E-state index is 0.135. The number of nitro groups is 1. The molecule has 0 fully saturated rings. The molecule has 0 bridgehead atoms. The number of nitro benzene ring substituents is 1. The van der Waals surface area contributed by atoms with E-state index in [-0.39, 0.29) is 22.2 Å². The number of hydrogen-bond acceptors (Lipinski definition) is 5. The number of nitrogens with zero attached hydrogens (tertiary/aromatic N) is 1. The van der Waals surface area contributed by atoms with Crippen molar-refractivity contribution >= 4 is 34.8 Å². The summed E-state index contributed by atoms with van der Waals surface area (Å²) in [6, 6.07) is 11.0. The minimum atomic E-state index is -0.637. The number of hydrazine groups is 1. The van der Waals surface area contributed by atoms with Crippen LogP contribution in [0.5, 0.6) is 0 Å². The van der Waals surface area contributed by atoms with Gasteiger partial charge in [-0.2, -0.15) is 0 Å². The maximum Gasteiger partial charge on any atom is 0.287 e. The first-order chi connectivity index (χ1) is 12.8. The fourth-order valence-electron chi connectivity index (χ4n) is 2.14. The van der Waals surface area contributed by atoms with Crippen molar-refractivity contribution in [1.82, 2.24) is 10.9 Å². The van der Waals surface area contributed by atoms with Crippen molar-refractivity contribution in [2.75, 3.05) is 5.32 Å². The highest BCUT2D eigenvalue weighted by Crippen LogP contribution is 2.24. The number of amides is 2. The Morgan fingerprint density at radius 3 is 2.48 bits per heavy atom. The molecule has 27 heavy (non-hydrogen) atoms. The number of benzene rings is 2. The molecule has 0 atom stereocenters. The molecule has 0 saturated carbocycles. The number of para-hydroxylation sites is 1. The summed E-state index contributed by atoms with van der Waals surface area (Å²) in [5.41, 5.74) is 6.84. The van der Waals surface area contributed by atoms with E-state index >= 15 is 0 Å². The first-order valence-electron chi connectivity index (χ1n) is 7.83. The van der Waals surface area contributed by atoms with Gasteiger partial charge in [0.15, 0.2) is 0 Å². The second-order valence-electron chi connectivity index (χ2n) is 5.63. The van der Waals surface area contributed by atoms with Crippen LogP contribution in [0, 0.1) is 17.0 Å². The number of aryl methyl sites for hydroxylation is 1. The first-order valence-corrected chi connectivity index (χ1v) is 8.21. The van der Waals surface area contributed by atoms with Gasteiger partial charge in [0.1, 0.15) is 5.02 Å². The molecule has 0 saturated heterocycles. The summed E-state index contributed by atoms with van der Waals surface area (Å²) in [6.07, 6.45) is 1.29. The number of rotatable bonds is 6. The van der Waals surface area contributed by atoms with Crippen molar-refractivity contribution in [2.24, 2.45) is 0 Å². The average Bonchev–Trinajstić information content (AvgIpc) is 2.61. The van der Waals surface area contributed by atoms with Crippen LogP contribution in [0.15, 0.2) is 54.2 Å². The lowest BCUT2D eigenvalue weighted by Crippen LogP contribution is -2.36. The van der Waals surface area contributed by atoms with Crippen LogP contribution < -0.4 is 16.2 Å². The van der Waals surface area contributed by atoms with Gasteiger partial charge in [-0.1, -0.05) is 29.8 Å². The predicted octanol–water partition coefficient (Wildman–Crippen LogP) is 3.33. The van der Waals surface area contributed by atoms with E-state index in [0.29, 0.717) is 11.4 Å². The molecule has 0 radical (unpaired) electrons. The normalized spacial score (nSPS) is 10.9.